The number of aromatic nitrogens is 4. The number of carbonyl (C=O) groups is 1. The molecule has 4 aromatic rings. The van der Waals surface area contributed by atoms with Gasteiger partial charge in [0.25, 0.3) is 0 Å². The molecule has 0 radical (unpaired) electrons. The van der Waals surface area contributed by atoms with Crippen molar-refractivity contribution >= 4 is 11.9 Å². The van der Waals surface area contributed by atoms with Gasteiger partial charge >= 0.3 is 0 Å². The van der Waals surface area contributed by atoms with E-state index in [2.05, 4.69) is 25.2 Å². The number of imidazole rings is 1. The minimum Gasteiger partial charge on any atom is -0.350 e. The van der Waals surface area contributed by atoms with Crippen LogP contribution in [0.25, 0.3) is 22.6 Å². The van der Waals surface area contributed by atoms with Crippen molar-refractivity contribution in [2.45, 2.75) is 19.8 Å². The van der Waals surface area contributed by atoms with Gasteiger partial charge in [0.2, 0.25) is 18.1 Å². The molecular weight excluding hydrogens is 556 g/mol. The average molecular weight is 590 g/mol. The van der Waals surface area contributed by atoms with Gasteiger partial charge in [-0.1, -0.05) is 12.1 Å². The van der Waals surface area contributed by atoms with E-state index in [0.717, 1.165) is 18.7 Å². The summed E-state index contributed by atoms with van der Waals surface area (Å²) < 4.78 is 39.2. The predicted molar refractivity (Wildman–Crippen MR) is 156 cm³/mol. The maximum atomic E-state index is 13.8. The van der Waals surface area contributed by atoms with E-state index >= 15 is 0 Å². The van der Waals surface area contributed by atoms with Crippen LogP contribution in [0, 0.1) is 17.0 Å². The highest BCUT2D eigenvalue weighted by Crippen LogP contribution is 2.36. The highest BCUT2D eigenvalue weighted by molar-refractivity contribution is 5.83. The molecule has 2 aromatic carbocycles. The quantitative estimate of drug-likeness (QED) is 0.330. The third-order valence-electron chi connectivity index (χ3n) is 7.75. The highest BCUT2D eigenvalue weighted by Gasteiger charge is 2.43. The average Bonchev–Trinajstić information content (AvgIpc) is 3.47. The second-order valence-electron chi connectivity index (χ2n) is 11.2. The van der Waals surface area contributed by atoms with Crippen LogP contribution in [0.2, 0.25) is 0 Å². The zero-order valence-electron chi connectivity index (χ0n) is 24.0. The van der Waals surface area contributed by atoms with Crippen molar-refractivity contribution in [3.63, 3.8) is 0 Å². The Morgan fingerprint density at radius 2 is 1.63 bits per heavy atom. The number of hydrogen-bond donors (Lipinski definition) is 2. The molecule has 2 aliphatic rings. The molecular formula is C31H33F2N7O3. The summed E-state index contributed by atoms with van der Waals surface area (Å²) in [6, 6.07) is 13.9. The van der Waals surface area contributed by atoms with Crippen LogP contribution in [0.15, 0.2) is 60.8 Å². The van der Waals surface area contributed by atoms with Gasteiger partial charge in [0.15, 0.2) is 5.82 Å². The lowest BCUT2D eigenvalue weighted by molar-refractivity contribution is -0.234. The van der Waals surface area contributed by atoms with E-state index in [-0.39, 0.29) is 30.8 Å². The monoisotopic (exact) mass is 589 g/mol. The summed E-state index contributed by atoms with van der Waals surface area (Å²) in [6.07, 6.45) is 0.784. The minimum atomic E-state index is -0.834. The Morgan fingerprint density at radius 3 is 2.30 bits per heavy atom. The van der Waals surface area contributed by atoms with Crippen molar-refractivity contribution in [3.8, 4) is 22.6 Å². The van der Waals surface area contributed by atoms with Crippen LogP contribution in [-0.2, 0) is 20.8 Å². The molecule has 43 heavy (non-hydrogen) atoms. The minimum absolute atomic E-state index is 0.0211. The van der Waals surface area contributed by atoms with Crippen molar-refractivity contribution in [3.05, 3.63) is 83.8 Å². The predicted octanol–water partition coefficient (Wildman–Crippen LogP) is 4.25. The fraction of sp³-hybridized carbons (Fsp3) is 0.355. The largest absolute Gasteiger partial charge is 0.350 e. The first-order valence-electron chi connectivity index (χ1n) is 14.2. The maximum Gasteiger partial charge on any atom is 0.233 e. The third kappa shape index (κ3) is 6.41. The fourth-order valence-corrected chi connectivity index (χ4v) is 5.15. The van der Waals surface area contributed by atoms with Gasteiger partial charge < -0.3 is 29.6 Å². The Morgan fingerprint density at radius 1 is 0.977 bits per heavy atom. The van der Waals surface area contributed by atoms with Gasteiger partial charge in [0.05, 0.1) is 35.7 Å². The standard InChI is InChI=1S/C31H33F2N7O3/c1-31(29(41)40-15-13-39(2)14-16-40)18-42-28(43-19-31)27-37-25(21-5-9-23(33)10-6-21)26(38-27)24-11-12-34-30(36-24)35-17-20-3-7-22(32)8-4-20/h3-12,28H,13-19H2,1-2H3,(H,37,38)(H,34,35,36). The molecule has 2 fully saturated rings. The maximum absolute atomic E-state index is 13.8. The van der Waals surface area contributed by atoms with Crippen LogP contribution in [-0.4, -0.2) is 82.1 Å². The molecule has 0 spiro atoms. The molecule has 4 heterocycles. The number of nitrogens with one attached hydrogen (secondary N) is 2. The number of H-pyrrole nitrogens is 1. The van der Waals surface area contributed by atoms with Crippen LogP contribution in [0.5, 0.6) is 0 Å². The number of carbonyl (C=O) groups excluding carboxylic acids is 1. The third-order valence-corrected chi connectivity index (χ3v) is 7.75. The topological polar surface area (TPSA) is 109 Å². The summed E-state index contributed by atoms with van der Waals surface area (Å²) in [5.41, 5.74) is 2.38. The summed E-state index contributed by atoms with van der Waals surface area (Å²) in [4.78, 5) is 34.5. The van der Waals surface area contributed by atoms with Crippen LogP contribution in [0.3, 0.4) is 0 Å². The number of ether oxygens (including phenoxy) is 2. The van der Waals surface area contributed by atoms with Crippen molar-refractivity contribution in [2.24, 2.45) is 5.41 Å². The first-order valence-corrected chi connectivity index (χ1v) is 14.2. The zero-order chi connectivity index (χ0) is 30.0. The van der Waals surface area contributed by atoms with Gasteiger partial charge in [-0.3, -0.25) is 4.79 Å². The number of amides is 1. The number of nitrogens with zero attached hydrogens (tertiary/aromatic N) is 5. The van der Waals surface area contributed by atoms with Gasteiger partial charge in [-0.05, 0) is 62.0 Å². The molecule has 0 atom stereocenters. The van der Waals surface area contributed by atoms with E-state index in [1.807, 2.05) is 18.9 Å². The van der Waals surface area contributed by atoms with Gasteiger partial charge in [0.1, 0.15) is 11.6 Å². The molecule has 224 valence electrons. The van der Waals surface area contributed by atoms with Crippen LogP contribution >= 0.6 is 0 Å². The lowest BCUT2D eigenvalue weighted by atomic mass is 9.90. The molecule has 12 heteroatoms. The first kappa shape index (κ1) is 28.8. The number of hydrogen-bond acceptors (Lipinski definition) is 8. The van der Waals surface area contributed by atoms with E-state index in [9.17, 15) is 13.6 Å². The number of benzene rings is 2. The van der Waals surface area contributed by atoms with Gasteiger partial charge in [-0.2, -0.15) is 0 Å². The number of halogens is 2. The molecule has 10 nitrogen and oxygen atoms in total. The van der Waals surface area contributed by atoms with Gasteiger partial charge in [-0.15, -0.1) is 0 Å². The smallest absolute Gasteiger partial charge is 0.233 e. The van der Waals surface area contributed by atoms with Crippen molar-refractivity contribution in [1.82, 2.24) is 29.7 Å². The molecule has 0 aliphatic carbocycles. The normalized spacial score (nSPS) is 21.1. The SMILES string of the molecule is CN1CCN(C(=O)C2(C)COC(c3nc(-c4ccc(F)cc4)c(-c4ccnc(NCc5ccc(F)cc5)n4)[nH]3)OC2)CC1. The number of likely N-dealkylation sites (N-methyl/N-ethyl adjacent to an activating group) is 1. The summed E-state index contributed by atoms with van der Waals surface area (Å²) in [5.74, 6) is 0.128. The van der Waals surface area contributed by atoms with Crippen LogP contribution < -0.4 is 5.32 Å². The highest BCUT2D eigenvalue weighted by atomic mass is 19.1. The van der Waals surface area contributed by atoms with Crippen LogP contribution in [0.4, 0.5) is 14.7 Å². The van der Waals surface area contributed by atoms with Crippen LogP contribution in [0.1, 0.15) is 24.6 Å². The summed E-state index contributed by atoms with van der Waals surface area (Å²) in [5, 5.41) is 3.16. The molecule has 2 aromatic heterocycles. The van der Waals surface area contributed by atoms with E-state index in [4.69, 9.17) is 14.5 Å². The van der Waals surface area contributed by atoms with E-state index in [1.165, 1.54) is 24.3 Å². The molecule has 0 unspecified atom stereocenters. The van der Waals surface area contributed by atoms with E-state index in [0.29, 0.717) is 54.1 Å². The van der Waals surface area contributed by atoms with E-state index in [1.54, 1.807) is 36.5 Å². The number of rotatable bonds is 7. The van der Waals surface area contributed by atoms with E-state index < -0.39 is 11.7 Å². The summed E-state index contributed by atoms with van der Waals surface area (Å²) in [6.45, 7) is 5.64. The Kier molecular flexibility index (Phi) is 8.15. The number of piperazine rings is 1. The second-order valence-corrected chi connectivity index (χ2v) is 11.2. The first-order chi connectivity index (χ1) is 20.8. The molecule has 0 saturated carbocycles. The Balaban J connectivity index is 1.23. The lowest BCUT2D eigenvalue weighted by Gasteiger charge is -2.41. The molecule has 2 aliphatic heterocycles. The summed E-state index contributed by atoms with van der Waals surface area (Å²) >= 11 is 0. The number of aromatic amines is 1. The zero-order valence-corrected chi connectivity index (χ0v) is 24.0. The summed E-state index contributed by atoms with van der Waals surface area (Å²) in [7, 11) is 2.05. The molecule has 2 N–H and O–H groups in total. The fourth-order valence-electron chi connectivity index (χ4n) is 5.15. The van der Waals surface area contributed by atoms with Crippen molar-refractivity contribution < 1.29 is 23.0 Å². The Labute approximate surface area is 248 Å². The molecule has 2 saturated heterocycles. The molecule has 6 rings (SSSR count). The lowest BCUT2D eigenvalue weighted by Crippen LogP contribution is -2.55. The number of anilines is 1. The second kappa shape index (κ2) is 12.2. The van der Waals surface area contributed by atoms with Crippen molar-refractivity contribution in [1.29, 1.82) is 0 Å². The van der Waals surface area contributed by atoms with Gasteiger partial charge in [-0.25, -0.2) is 23.7 Å². The van der Waals surface area contributed by atoms with Gasteiger partial charge in [0, 0.05) is 44.5 Å². The molecule has 0 bridgehead atoms. The molecule has 1 amide bonds. The Hall–Kier alpha value is -4.26. The van der Waals surface area contributed by atoms with Crippen molar-refractivity contribution in [2.75, 3.05) is 51.8 Å². The Bertz CT molecular complexity index is 1560.